The molecule has 1 aromatic carbocycles. The highest BCUT2D eigenvalue weighted by atomic mass is 16.3. The Kier molecular flexibility index (Phi) is 4.71. The van der Waals surface area contributed by atoms with Crippen molar-refractivity contribution in [1.29, 1.82) is 0 Å². The van der Waals surface area contributed by atoms with Crippen LogP contribution in [0.3, 0.4) is 0 Å². The van der Waals surface area contributed by atoms with Gasteiger partial charge in [-0.05, 0) is 6.07 Å². The van der Waals surface area contributed by atoms with Crippen LogP contribution in [0.15, 0.2) is 18.2 Å². The summed E-state index contributed by atoms with van der Waals surface area (Å²) < 4.78 is 0. The summed E-state index contributed by atoms with van der Waals surface area (Å²) in [6.45, 7) is -0.173. The Morgan fingerprint density at radius 1 is 1.00 bits per heavy atom. The minimum atomic E-state index is -1.05. The molecule has 0 spiro atoms. The quantitative estimate of drug-likeness (QED) is 0.360. The molecule has 0 aliphatic rings. The number of nitrogens with two attached hydrogens (primary N) is 2. The first-order valence-electron chi connectivity index (χ1n) is 5.30. The van der Waals surface area contributed by atoms with Gasteiger partial charge in [0.25, 0.3) is 0 Å². The predicted molar refractivity (Wildman–Crippen MR) is 62.6 cm³/mol. The number of phenolic OH excluding ortho intramolecular Hbond substituents is 2. The van der Waals surface area contributed by atoms with Gasteiger partial charge in [0.2, 0.25) is 0 Å². The average molecular weight is 242 g/mol. The van der Waals surface area contributed by atoms with Gasteiger partial charge in [-0.15, -0.1) is 0 Å². The van der Waals surface area contributed by atoms with E-state index in [0.717, 1.165) is 0 Å². The highest BCUT2D eigenvalue weighted by molar-refractivity contribution is 5.47. The summed E-state index contributed by atoms with van der Waals surface area (Å²) in [4.78, 5) is 0. The molecule has 1 aromatic rings. The summed E-state index contributed by atoms with van der Waals surface area (Å²) in [7, 11) is 0. The van der Waals surface area contributed by atoms with Crippen molar-refractivity contribution in [3.8, 4) is 11.5 Å². The molecule has 6 heteroatoms. The Balaban J connectivity index is 3.17. The van der Waals surface area contributed by atoms with Crippen LogP contribution in [0.25, 0.3) is 0 Å². The number of aliphatic hydroxyl groups is 2. The van der Waals surface area contributed by atoms with E-state index in [0.29, 0.717) is 0 Å². The van der Waals surface area contributed by atoms with Gasteiger partial charge in [0.15, 0.2) is 11.5 Å². The van der Waals surface area contributed by atoms with Crippen LogP contribution in [0.1, 0.15) is 11.5 Å². The molecule has 8 N–H and O–H groups in total. The van der Waals surface area contributed by atoms with Crippen LogP contribution >= 0.6 is 0 Å². The first-order valence-corrected chi connectivity index (χ1v) is 5.30. The first-order chi connectivity index (χ1) is 8.02. The number of aromatic hydroxyl groups is 2. The van der Waals surface area contributed by atoms with E-state index in [2.05, 4.69) is 0 Å². The molecule has 0 aliphatic heterocycles. The van der Waals surface area contributed by atoms with Crippen molar-refractivity contribution in [1.82, 2.24) is 0 Å². The summed E-state index contributed by atoms with van der Waals surface area (Å²) in [5.41, 5.74) is 10.9. The van der Waals surface area contributed by atoms with Gasteiger partial charge >= 0.3 is 0 Å². The second kappa shape index (κ2) is 5.83. The van der Waals surface area contributed by atoms with Crippen molar-refractivity contribution in [2.45, 2.75) is 18.1 Å². The van der Waals surface area contributed by atoms with E-state index < -0.39 is 18.1 Å². The number of benzene rings is 1. The molecule has 6 nitrogen and oxygen atoms in total. The number of aliphatic hydroxyl groups excluding tert-OH is 2. The molecule has 2 unspecified atom stereocenters. The predicted octanol–water partition coefficient (Wildman–Crippen LogP) is -1.18. The standard InChI is InChI=1S/C11H18N2O4/c12-4-8(15)10(9(16)5-13)6-2-1-3-7(14)11(6)17/h1-3,8-10,14-17H,4-5,12-13H2. The van der Waals surface area contributed by atoms with E-state index in [9.17, 15) is 20.4 Å². The lowest BCUT2D eigenvalue weighted by atomic mass is 9.87. The van der Waals surface area contributed by atoms with Crippen molar-refractivity contribution in [2.24, 2.45) is 11.5 Å². The van der Waals surface area contributed by atoms with E-state index in [1.807, 2.05) is 0 Å². The number of hydrogen-bond acceptors (Lipinski definition) is 6. The van der Waals surface area contributed by atoms with E-state index in [1.165, 1.54) is 18.2 Å². The van der Waals surface area contributed by atoms with Gasteiger partial charge in [-0.25, -0.2) is 0 Å². The lowest BCUT2D eigenvalue weighted by molar-refractivity contribution is 0.0605. The van der Waals surface area contributed by atoms with Gasteiger partial charge in [-0.2, -0.15) is 0 Å². The molecular weight excluding hydrogens is 224 g/mol. The Hall–Kier alpha value is -1.34. The Morgan fingerprint density at radius 2 is 1.53 bits per heavy atom. The molecule has 0 amide bonds. The normalized spacial score (nSPS) is 16.5. The highest BCUT2D eigenvalue weighted by Gasteiger charge is 2.29. The van der Waals surface area contributed by atoms with E-state index in [4.69, 9.17) is 11.5 Å². The molecule has 0 heterocycles. The highest BCUT2D eigenvalue weighted by Crippen LogP contribution is 2.36. The van der Waals surface area contributed by atoms with Gasteiger partial charge < -0.3 is 31.9 Å². The van der Waals surface area contributed by atoms with Crippen LogP contribution in [-0.2, 0) is 0 Å². The van der Waals surface area contributed by atoms with Crippen LogP contribution in [0, 0.1) is 0 Å². The molecule has 1 rings (SSSR count). The van der Waals surface area contributed by atoms with Crippen LogP contribution < -0.4 is 11.5 Å². The summed E-state index contributed by atoms with van der Waals surface area (Å²) in [6, 6.07) is 4.31. The molecule has 17 heavy (non-hydrogen) atoms. The molecule has 0 bridgehead atoms. The maximum Gasteiger partial charge on any atom is 0.161 e. The fourth-order valence-electron chi connectivity index (χ4n) is 1.78. The molecule has 0 radical (unpaired) electrons. The molecule has 0 saturated heterocycles. The second-order valence-electron chi connectivity index (χ2n) is 3.85. The number of para-hydroxylation sites is 1. The van der Waals surface area contributed by atoms with E-state index in [-0.39, 0.29) is 30.2 Å². The summed E-state index contributed by atoms with van der Waals surface area (Å²) in [6.07, 6.45) is -2.11. The lowest BCUT2D eigenvalue weighted by Gasteiger charge is -2.27. The van der Waals surface area contributed by atoms with E-state index >= 15 is 0 Å². The zero-order chi connectivity index (χ0) is 13.0. The molecule has 0 aliphatic carbocycles. The van der Waals surface area contributed by atoms with Crippen LogP contribution in [0.5, 0.6) is 11.5 Å². The molecule has 0 fully saturated rings. The van der Waals surface area contributed by atoms with Crippen molar-refractivity contribution in [2.75, 3.05) is 13.1 Å². The molecule has 2 atom stereocenters. The van der Waals surface area contributed by atoms with Crippen molar-refractivity contribution >= 4 is 0 Å². The average Bonchev–Trinajstić information content (AvgIpc) is 2.34. The molecular formula is C11H18N2O4. The SMILES string of the molecule is NCC(O)C(c1cccc(O)c1O)C(O)CN. The molecule has 96 valence electrons. The maximum atomic E-state index is 9.75. The summed E-state index contributed by atoms with van der Waals surface area (Å²) >= 11 is 0. The number of rotatable bonds is 5. The van der Waals surface area contributed by atoms with Gasteiger partial charge in [-0.1, -0.05) is 12.1 Å². The van der Waals surface area contributed by atoms with Crippen LogP contribution in [0.2, 0.25) is 0 Å². The van der Waals surface area contributed by atoms with Crippen molar-refractivity contribution in [3.05, 3.63) is 23.8 Å². The first kappa shape index (κ1) is 13.7. The smallest absolute Gasteiger partial charge is 0.161 e. The number of phenols is 2. The zero-order valence-corrected chi connectivity index (χ0v) is 9.32. The third-order valence-electron chi connectivity index (χ3n) is 2.72. The summed E-state index contributed by atoms with van der Waals surface area (Å²) in [5, 5.41) is 38.6. The van der Waals surface area contributed by atoms with Gasteiger partial charge in [0.1, 0.15) is 0 Å². The van der Waals surface area contributed by atoms with Crippen LogP contribution in [0.4, 0.5) is 0 Å². The molecule has 0 aromatic heterocycles. The Labute approximate surface area is 99.1 Å². The van der Waals surface area contributed by atoms with Gasteiger partial charge in [0.05, 0.1) is 12.2 Å². The maximum absolute atomic E-state index is 9.75. The third-order valence-corrected chi connectivity index (χ3v) is 2.72. The monoisotopic (exact) mass is 242 g/mol. The topological polar surface area (TPSA) is 133 Å². The van der Waals surface area contributed by atoms with Crippen LogP contribution in [-0.4, -0.2) is 45.7 Å². The zero-order valence-electron chi connectivity index (χ0n) is 9.32. The Bertz CT molecular complexity index is 362. The number of hydrogen-bond donors (Lipinski definition) is 6. The fraction of sp³-hybridized carbons (Fsp3) is 0.455. The van der Waals surface area contributed by atoms with Crippen molar-refractivity contribution in [3.63, 3.8) is 0 Å². The minimum absolute atomic E-state index is 0.0865. The largest absolute Gasteiger partial charge is 0.504 e. The summed E-state index contributed by atoms with van der Waals surface area (Å²) in [5.74, 6) is -1.53. The van der Waals surface area contributed by atoms with Crippen molar-refractivity contribution < 1.29 is 20.4 Å². The Morgan fingerprint density at radius 3 is 2.00 bits per heavy atom. The lowest BCUT2D eigenvalue weighted by Crippen LogP contribution is -2.38. The van der Waals surface area contributed by atoms with E-state index in [1.54, 1.807) is 0 Å². The molecule has 0 saturated carbocycles. The third kappa shape index (κ3) is 2.86. The van der Waals surface area contributed by atoms with Gasteiger partial charge in [0, 0.05) is 24.6 Å². The fourth-order valence-corrected chi connectivity index (χ4v) is 1.78. The minimum Gasteiger partial charge on any atom is -0.504 e. The second-order valence-corrected chi connectivity index (χ2v) is 3.85. The van der Waals surface area contributed by atoms with Gasteiger partial charge in [-0.3, -0.25) is 0 Å².